The van der Waals surface area contributed by atoms with Crippen molar-refractivity contribution in [1.82, 2.24) is 0 Å². The lowest BCUT2D eigenvalue weighted by atomic mass is 10.1. The van der Waals surface area contributed by atoms with Crippen LogP contribution in [0.25, 0.3) is 0 Å². The number of alkyl halides is 1. The summed E-state index contributed by atoms with van der Waals surface area (Å²) in [7, 11) is 0. The lowest BCUT2D eigenvalue weighted by molar-refractivity contribution is 0.477. The maximum Gasteiger partial charge on any atom is 0.150 e. The van der Waals surface area contributed by atoms with Gasteiger partial charge in [0.2, 0.25) is 0 Å². The normalized spacial score (nSPS) is 13.0. The fourth-order valence-electron chi connectivity index (χ4n) is 1.29. The van der Waals surface area contributed by atoms with Crippen LogP contribution in [0, 0.1) is 0 Å². The molecule has 1 N–H and O–H groups in total. The fourth-order valence-corrected chi connectivity index (χ4v) is 1.51. The van der Waals surface area contributed by atoms with E-state index in [0.717, 1.165) is 17.9 Å². The van der Waals surface area contributed by atoms with Crippen LogP contribution in [0.4, 0.5) is 5.69 Å². The minimum Gasteiger partial charge on any atom is -0.461 e. The third-order valence-electron chi connectivity index (χ3n) is 1.93. The summed E-state index contributed by atoms with van der Waals surface area (Å²) in [6.45, 7) is 0. The van der Waals surface area contributed by atoms with Crippen LogP contribution in [0.15, 0.2) is 30.7 Å². The highest BCUT2D eigenvalue weighted by Crippen LogP contribution is 2.28. The quantitative estimate of drug-likeness (QED) is 0.733. The smallest absolute Gasteiger partial charge is 0.150 e. The van der Waals surface area contributed by atoms with E-state index in [4.69, 9.17) is 16.3 Å². The zero-order valence-electron chi connectivity index (χ0n) is 7.09. The van der Waals surface area contributed by atoms with E-state index in [-0.39, 0.29) is 0 Å². The number of anilines is 1. The molecule has 1 aromatic rings. The van der Waals surface area contributed by atoms with Gasteiger partial charge in [-0.2, -0.15) is 0 Å². The van der Waals surface area contributed by atoms with Gasteiger partial charge in [-0.25, -0.2) is 0 Å². The molecule has 13 heavy (non-hydrogen) atoms. The molecule has 2 rings (SSSR count). The Bertz CT molecular complexity index is 336. The maximum absolute atomic E-state index is 5.65. The SMILES string of the molecule is ClCCc1ccc2c(c1)NC=CO2. The first-order valence-electron chi connectivity index (χ1n) is 4.17. The summed E-state index contributed by atoms with van der Waals surface area (Å²) in [6.07, 6.45) is 4.29. The Balaban J connectivity index is 2.27. The topological polar surface area (TPSA) is 21.3 Å². The van der Waals surface area contributed by atoms with E-state index in [1.165, 1.54) is 5.56 Å². The van der Waals surface area contributed by atoms with Crippen molar-refractivity contribution in [2.24, 2.45) is 0 Å². The van der Waals surface area contributed by atoms with E-state index in [1.807, 2.05) is 12.1 Å². The van der Waals surface area contributed by atoms with Crippen LogP contribution >= 0.6 is 11.6 Å². The van der Waals surface area contributed by atoms with Gasteiger partial charge in [-0.3, -0.25) is 0 Å². The Labute approximate surface area is 82.2 Å². The number of hydrogen-bond acceptors (Lipinski definition) is 2. The van der Waals surface area contributed by atoms with Gasteiger partial charge >= 0.3 is 0 Å². The molecule has 1 aliphatic heterocycles. The molecule has 0 fully saturated rings. The number of ether oxygens (including phenoxy) is 1. The summed E-state index contributed by atoms with van der Waals surface area (Å²) < 4.78 is 5.28. The van der Waals surface area contributed by atoms with E-state index in [0.29, 0.717) is 5.88 Å². The Morgan fingerprint density at radius 2 is 2.31 bits per heavy atom. The molecule has 0 spiro atoms. The lowest BCUT2D eigenvalue weighted by Gasteiger charge is -2.13. The van der Waals surface area contributed by atoms with Gasteiger partial charge in [0.15, 0.2) is 0 Å². The second-order valence-corrected chi connectivity index (χ2v) is 3.21. The molecule has 0 aromatic heterocycles. The molecule has 0 amide bonds. The Hall–Kier alpha value is -1.15. The summed E-state index contributed by atoms with van der Waals surface area (Å²) >= 11 is 5.65. The van der Waals surface area contributed by atoms with Crippen molar-refractivity contribution in [2.45, 2.75) is 6.42 Å². The molecule has 1 heterocycles. The van der Waals surface area contributed by atoms with Gasteiger partial charge in [0.05, 0.1) is 5.69 Å². The number of benzene rings is 1. The summed E-state index contributed by atoms with van der Waals surface area (Å²) in [5, 5.41) is 3.11. The molecule has 0 saturated heterocycles. The van der Waals surface area contributed by atoms with Crippen molar-refractivity contribution in [2.75, 3.05) is 11.2 Å². The van der Waals surface area contributed by atoms with Crippen molar-refractivity contribution in [3.8, 4) is 5.75 Å². The van der Waals surface area contributed by atoms with Gasteiger partial charge in [0.25, 0.3) is 0 Å². The van der Waals surface area contributed by atoms with Crippen LogP contribution in [-0.2, 0) is 6.42 Å². The average molecular weight is 196 g/mol. The first-order valence-corrected chi connectivity index (χ1v) is 4.71. The van der Waals surface area contributed by atoms with Gasteiger partial charge in [0, 0.05) is 12.1 Å². The Morgan fingerprint density at radius 3 is 3.15 bits per heavy atom. The summed E-state index contributed by atoms with van der Waals surface area (Å²) in [5.74, 6) is 1.51. The van der Waals surface area contributed by atoms with E-state index >= 15 is 0 Å². The van der Waals surface area contributed by atoms with Crippen molar-refractivity contribution in [3.63, 3.8) is 0 Å². The second kappa shape index (κ2) is 3.71. The van der Waals surface area contributed by atoms with E-state index in [2.05, 4.69) is 11.4 Å². The highest BCUT2D eigenvalue weighted by atomic mass is 35.5. The fraction of sp³-hybridized carbons (Fsp3) is 0.200. The number of fused-ring (bicyclic) bond motifs is 1. The first-order chi connectivity index (χ1) is 6.40. The van der Waals surface area contributed by atoms with Crippen LogP contribution in [0.1, 0.15) is 5.56 Å². The molecule has 3 heteroatoms. The van der Waals surface area contributed by atoms with Crippen molar-refractivity contribution >= 4 is 17.3 Å². The van der Waals surface area contributed by atoms with Gasteiger partial charge in [-0.15, -0.1) is 11.6 Å². The molecular weight excluding hydrogens is 186 g/mol. The third-order valence-corrected chi connectivity index (χ3v) is 2.12. The monoisotopic (exact) mass is 195 g/mol. The average Bonchev–Trinajstić information content (AvgIpc) is 2.18. The standard InChI is InChI=1S/C10H10ClNO/c11-4-3-8-1-2-10-9(7-8)12-5-6-13-10/h1-2,5-7,12H,3-4H2. The predicted octanol–water partition coefficient (Wildman–Crippen LogP) is 2.74. The highest BCUT2D eigenvalue weighted by molar-refractivity contribution is 6.18. The maximum atomic E-state index is 5.65. The molecule has 1 aliphatic rings. The second-order valence-electron chi connectivity index (χ2n) is 2.83. The van der Waals surface area contributed by atoms with E-state index < -0.39 is 0 Å². The minimum atomic E-state index is 0.648. The molecule has 0 unspecified atom stereocenters. The van der Waals surface area contributed by atoms with Gasteiger partial charge in [-0.1, -0.05) is 6.07 Å². The molecule has 0 saturated carbocycles. The predicted molar refractivity (Wildman–Crippen MR) is 54.3 cm³/mol. The highest BCUT2D eigenvalue weighted by Gasteiger charge is 2.05. The molecule has 0 bridgehead atoms. The van der Waals surface area contributed by atoms with Crippen LogP contribution in [0.2, 0.25) is 0 Å². The summed E-state index contributed by atoms with van der Waals surface area (Å²) in [5.41, 5.74) is 2.23. The molecule has 0 radical (unpaired) electrons. The number of halogens is 1. The molecule has 0 atom stereocenters. The number of aryl methyl sites for hydroxylation is 1. The van der Waals surface area contributed by atoms with E-state index in [9.17, 15) is 0 Å². The summed E-state index contributed by atoms with van der Waals surface area (Å²) in [6, 6.07) is 6.04. The molecule has 68 valence electrons. The van der Waals surface area contributed by atoms with Crippen molar-refractivity contribution in [1.29, 1.82) is 0 Å². The number of nitrogens with one attached hydrogen (secondary N) is 1. The van der Waals surface area contributed by atoms with Gasteiger partial charge in [-0.05, 0) is 24.1 Å². The zero-order chi connectivity index (χ0) is 9.10. The van der Waals surface area contributed by atoms with Gasteiger partial charge in [0.1, 0.15) is 12.0 Å². The third kappa shape index (κ3) is 1.78. The minimum absolute atomic E-state index is 0.648. The molecule has 1 aromatic carbocycles. The van der Waals surface area contributed by atoms with Crippen LogP contribution in [0.5, 0.6) is 5.75 Å². The van der Waals surface area contributed by atoms with Crippen LogP contribution < -0.4 is 10.1 Å². The number of rotatable bonds is 2. The van der Waals surface area contributed by atoms with Crippen LogP contribution in [0.3, 0.4) is 0 Å². The Kier molecular flexibility index (Phi) is 2.41. The number of hydrogen-bond donors (Lipinski definition) is 1. The van der Waals surface area contributed by atoms with E-state index in [1.54, 1.807) is 12.5 Å². The first kappa shape index (κ1) is 8.45. The Morgan fingerprint density at radius 1 is 1.38 bits per heavy atom. The molecular formula is C10H10ClNO. The lowest BCUT2D eigenvalue weighted by Crippen LogP contribution is -2.00. The molecule has 0 aliphatic carbocycles. The largest absolute Gasteiger partial charge is 0.461 e. The molecule has 2 nitrogen and oxygen atoms in total. The zero-order valence-corrected chi connectivity index (χ0v) is 7.84. The van der Waals surface area contributed by atoms with Crippen LogP contribution in [-0.4, -0.2) is 5.88 Å². The van der Waals surface area contributed by atoms with Crippen molar-refractivity contribution < 1.29 is 4.74 Å². The summed E-state index contributed by atoms with van der Waals surface area (Å²) in [4.78, 5) is 0. The van der Waals surface area contributed by atoms with Gasteiger partial charge < -0.3 is 10.1 Å². The van der Waals surface area contributed by atoms with Crippen molar-refractivity contribution in [3.05, 3.63) is 36.2 Å².